The molecule has 4 aliphatic carbocycles. The number of carbonyl (C=O) groups excluding carboxylic acids is 1. The fourth-order valence-corrected chi connectivity index (χ4v) is 6.74. The van der Waals surface area contributed by atoms with Gasteiger partial charge in [-0.3, -0.25) is 4.79 Å². The molecule has 0 spiro atoms. The van der Waals surface area contributed by atoms with Crippen LogP contribution in [0.5, 0.6) is 0 Å². The molecular weight excluding hydrogens is 404 g/mol. The van der Waals surface area contributed by atoms with Gasteiger partial charge >= 0.3 is 0 Å². The van der Waals surface area contributed by atoms with Crippen molar-refractivity contribution in [2.45, 2.75) is 57.9 Å². The van der Waals surface area contributed by atoms with Crippen molar-refractivity contribution in [2.75, 3.05) is 5.32 Å². The van der Waals surface area contributed by atoms with Crippen LogP contribution >= 0.6 is 15.9 Å². The number of halogens is 1. The normalized spacial score (nSPS) is 34.0. The van der Waals surface area contributed by atoms with E-state index in [1.807, 2.05) is 12.4 Å². The average Bonchev–Trinajstić information content (AvgIpc) is 3.04. The molecule has 0 aliphatic heterocycles. The Hall–Kier alpha value is -1.69. The smallest absolute Gasteiger partial charge is 0.230 e. The van der Waals surface area contributed by atoms with Crippen molar-refractivity contribution < 1.29 is 4.79 Å². The van der Waals surface area contributed by atoms with Crippen molar-refractivity contribution in [3.8, 4) is 0 Å². The van der Waals surface area contributed by atoms with Gasteiger partial charge < -0.3 is 5.32 Å². The summed E-state index contributed by atoms with van der Waals surface area (Å²) >= 11 is 3.39. The Labute approximate surface area is 168 Å². The highest BCUT2D eigenvalue weighted by Crippen LogP contribution is 2.64. The molecule has 1 aromatic heterocycles. The first kappa shape index (κ1) is 17.4. The summed E-state index contributed by atoms with van der Waals surface area (Å²) in [6.07, 6.45) is 8.25. The third-order valence-corrected chi connectivity index (χ3v) is 7.54. The predicted molar refractivity (Wildman–Crippen MR) is 107 cm³/mol. The lowest BCUT2D eigenvalue weighted by molar-refractivity contribution is -0.150. The maximum atomic E-state index is 13.6. The van der Waals surface area contributed by atoms with Crippen LogP contribution in [0.15, 0.2) is 29.3 Å². The lowest BCUT2D eigenvalue weighted by Gasteiger charge is -2.60. The van der Waals surface area contributed by atoms with E-state index in [1.165, 1.54) is 6.42 Å². The summed E-state index contributed by atoms with van der Waals surface area (Å²) in [5.41, 5.74) is 2.90. The van der Waals surface area contributed by atoms with Gasteiger partial charge in [-0.1, -0.05) is 18.2 Å². The Bertz CT molecular complexity index is 886. The number of carbonyl (C=O) groups is 1. The van der Waals surface area contributed by atoms with E-state index in [0.717, 1.165) is 48.9 Å². The van der Waals surface area contributed by atoms with Gasteiger partial charge in [-0.25, -0.2) is 9.67 Å². The molecule has 2 aromatic rings. The standard InChI is InChI=1S/C21H25BrN4O/c1-13-4-3-5-14(2)17(13)24-18(27)20-7-15-6-16(8-20)10-21(9-15,11-20)26-12-23-19(22)25-26/h3-5,12,15-16H,6-11H2,1-2H3,(H,24,27)/t15-,16+,20?,21?. The van der Waals surface area contributed by atoms with Crippen LogP contribution in [-0.2, 0) is 10.3 Å². The lowest BCUT2D eigenvalue weighted by atomic mass is 9.46. The van der Waals surface area contributed by atoms with Gasteiger partial charge in [0.2, 0.25) is 10.6 Å². The summed E-state index contributed by atoms with van der Waals surface area (Å²) in [7, 11) is 0. The Morgan fingerprint density at radius 3 is 2.44 bits per heavy atom. The van der Waals surface area contributed by atoms with Gasteiger partial charge in [-0.2, -0.15) is 0 Å². The summed E-state index contributed by atoms with van der Waals surface area (Å²) in [5, 5.41) is 7.91. The number of benzene rings is 1. The molecule has 27 heavy (non-hydrogen) atoms. The molecule has 4 bridgehead atoms. The fraction of sp³-hybridized carbons (Fsp3) is 0.571. The van der Waals surface area contributed by atoms with Gasteiger partial charge in [0, 0.05) is 5.69 Å². The number of nitrogens with zero attached hydrogens (tertiary/aromatic N) is 3. The summed E-state index contributed by atoms with van der Waals surface area (Å²) in [4.78, 5) is 17.9. The van der Waals surface area contributed by atoms with Crippen LogP contribution in [0.4, 0.5) is 5.69 Å². The largest absolute Gasteiger partial charge is 0.325 e. The van der Waals surface area contributed by atoms with Gasteiger partial charge in [0.15, 0.2) is 0 Å². The maximum absolute atomic E-state index is 13.6. The predicted octanol–water partition coefficient (Wildman–Crippen LogP) is 4.59. The average molecular weight is 429 g/mol. The van der Waals surface area contributed by atoms with Crippen molar-refractivity contribution in [2.24, 2.45) is 17.3 Å². The number of rotatable bonds is 3. The minimum atomic E-state index is -0.281. The fourth-order valence-electron chi connectivity index (χ4n) is 6.48. The number of amides is 1. The number of aromatic nitrogens is 3. The highest BCUT2D eigenvalue weighted by atomic mass is 79.9. The molecule has 2 unspecified atom stereocenters. The Balaban J connectivity index is 1.50. The molecule has 1 heterocycles. The van der Waals surface area contributed by atoms with Crippen LogP contribution in [-0.4, -0.2) is 20.7 Å². The molecule has 6 rings (SSSR count). The molecule has 6 heteroatoms. The van der Waals surface area contributed by atoms with Gasteiger partial charge in [0.05, 0.1) is 11.0 Å². The number of aryl methyl sites for hydroxylation is 2. The molecular formula is C21H25BrN4O. The topological polar surface area (TPSA) is 59.8 Å². The molecule has 4 atom stereocenters. The Kier molecular flexibility index (Phi) is 3.81. The summed E-state index contributed by atoms with van der Waals surface area (Å²) in [6.45, 7) is 4.13. The van der Waals surface area contributed by atoms with E-state index in [1.54, 1.807) is 0 Å². The second-order valence-electron chi connectivity index (χ2n) is 9.14. The molecule has 4 aliphatic rings. The van der Waals surface area contributed by atoms with E-state index in [-0.39, 0.29) is 16.9 Å². The number of para-hydroxylation sites is 1. The van der Waals surface area contributed by atoms with Crippen LogP contribution in [0.2, 0.25) is 0 Å². The maximum Gasteiger partial charge on any atom is 0.230 e. The van der Waals surface area contributed by atoms with E-state index < -0.39 is 0 Å². The van der Waals surface area contributed by atoms with Crippen LogP contribution in [0.1, 0.15) is 49.7 Å². The van der Waals surface area contributed by atoms with E-state index in [2.05, 4.69) is 62.0 Å². The van der Waals surface area contributed by atoms with Gasteiger partial charge in [0.25, 0.3) is 0 Å². The summed E-state index contributed by atoms with van der Waals surface area (Å²) in [5.74, 6) is 1.42. The number of anilines is 1. The number of hydrogen-bond acceptors (Lipinski definition) is 3. The first-order valence-electron chi connectivity index (χ1n) is 9.85. The van der Waals surface area contributed by atoms with Crippen molar-refractivity contribution in [3.05, 3.63) is 40.4 Å². The Morgan fingerprint density at radius 1 is 1.19 bits per heavy atom. The third-order valence-electron chi connectivity index (χ3n) is 7.18. The van der Waals surface area contributed by atoms with Crippen molar-refractivity contribution in [1.29, 1.82) is 0 Å². The zero-order chi connectivity index (χ0) is 18.8. The van der Waals surface area contributed by atoms with E-state index in [0.29, 0.717) is 16.6 Å². The van der Waals surface area contributed by atoms with Gasteiger partial charge in [-0.05, 0) is 91.3 Å². The molecule has 1 aromatic carbocycles. The molecule has 1 amide bonds. The van der Waals surface area contributed by atoms with Crippen LogP contribution in [0, 0.1) is 31.1 Å². The summed E-state index contributed by atoms with van der Waals surface area (Å²) in [6, 6.07) is 6.18. The van der Waals surface area contributed by atoms with Crippen molar-refractivity contribution in [1.82, 2.24) is 14.8 Å². The second kappa shape index (κ2) is 5.90. The zero-order valence-corrected chi connectivity index (χ0v) is 17.4. The van der Waals surface area contributed by atoms with Crippen LogP contribution < -0.4 is 5.32 Å². The molecule has 4 fully saturated rings. The highest BCUT2D eigenvalue weighted by molar-refractivity contribution is 9.10. The molecule has 0 radical (unpaired) electrons. The van der Waals surface area contributed by atoms with E-state index in [4.69, 9.17) is 0 Å². The Morgan fingerprint density at radius 2 is 1.85 bits per heavy atom. The number of nitrogens with one attached hydrogen (secondary N) is 1. The molecule has 0 saturated heterocycles. The molecule has 142 valence electrons. The van der Waals surface area contributed by atoms with E-state index in [9.17, 15) is 4.79 Å². The van der Waals surface area contributed by atoms with E-state index >= 15 is 0 Å². The van der Waals surface area contributed by atoms with Crippen molar-refractivity contribution in [3.63, 3.8) is 0 Å². The van der Waals surface area contributed by atoms with Crippen LogP contribution in [0.3, 0.4) is 0 Å². The first-order chi connectivity index (χ1) is 12.9. The molecule has 5 nitrogen and oxygen atoms in total. The molecule has 4 saturated carbocycles. The lowest BCUT2D eigenvalue weighted by Crippen LogP contribution is -2.60. The SMILES string of the molecule is Cc1cccc(C)c1NC(=O)C12C[C@H]3C[C@@H](C1)CC(n1cnc(Br)n1)(C3)C2. The minimum Gasteiger partial charge on any atom is -0.325 e. The zero-order valence-electron chi connectivity index (χ0n) is 15.8. The number of hydrogen-bond donors (Lipinski definition) is 1. The highest BCUT2D eigenvalue weighted by Gasteiger charge is 2.61. The van der Waals surface area contributed by atoms with Crippen LogP contribution in [0.25, 0.3) is 0 Å². The first-order valence-corrected chi connectivity index (χ1v) is 10.6. The quantitative estimate of drug-likeness (QED) is 0.777. The molecule has 1 N–H and O–H groups in total. The second-order valence-corrected chi connectivity index (χ2v) is 9.85. The monoisotopic (exact) mass is 428 g/mol. The van der Waals surface area contributed by atoms with Crippen molar-refractivity contribution >= 4 is 27.5 Å². The minimum absolute atomic E-state index is 0.0543. The van der Waals surface area contributed by atoms with Gasteiger partial charge in [-0.15, -0.1) is 5.10 Å². The van der Waals surface area contributed by atoms with Gasteiger partial charge in [0.1, 0.15) is 6.33 Å². The third kappa shape index (κ3) is 2.67. The summed E-state index contributed by atoms with van der Waals surface area (Å²) < 4.78 is 2.68.